The fraction of sp³-hybridized carbons (Fsp3) is 0.190. The van der Waals surface area contributed by atoms with E-state index in [2.05, 4.69) is 4.98 Å². The maximum atomic E-state index is 13.2. The largest absolute Gasteiger partial charge is 0.378 e. The Hall–Kier alpha value is -2.70. The molecule has 0 aliphatic heterocycles. The van der Waals surface area contributed by atoms with Crippen molar-refractivity contribution in [3.8, 4) is 0 Å². The Balaban J connectivity index is 1.92. The molecular formula is C21H23N3O2S. The predicted molar refractivity (Wildman–Crippen MR) is 108 cm³/mol. The Morgan fingerprint density at radius 1 is 0.815 bits per heavy atom. The van der Waals surface area contributed by atoms with Crippen molar-refractivity contribution in [2.75, 3.05) is 19.0 Å². The van der Waals surface area contributed by atoms with Gasteiger partial charge in [0.2, 0.25) is 10.0 Å². The average Bonchev–Trinajstić information content (AvgIpc) is 2.69. The molecule has 0 fully saturated rings. The summed E-state index contributed by atoms with van der Waals surface area (Å²) in [5, 5.41) is 0. The van der Waals surface area contributed by atoms with Gasteiger partial charge in [-0.3, -0.25) is 4.98 Å². The highest BCUT2D eigenvalue weighted by Gasteiger charge is 2.25. The SMILES string of the molecule is CN(C)c1ccc(CN(Cc2ccccc2)S(=O)(=O)c2cccnc2)cc1. The third kappa shape index (κ3) is 4.72. The monoisotopic (exact) mass is 381 g/mol. The van der Waals surface area contributed by atoms with Crippen molar-refractivity contribution in [2.45, 2.75) is 18.0 Å². The van der Waals surface area contributed by atoms with Crippen LogP contribution in [-0.4, -0.2) is 31.8 Å². The number of sulfonamides is 1. The van der Waals surface area contributed by atoms with Gasteiger partial charge in [0.25, 0.3) is 0 Å². The van der Waals surface area contributed by atoms with E-state index >= 15 is 0 Å². The van der Waals surface area contributed by atoms with Gasteiger partial charge in [-0.15, -0.1) is 0 Å². The van der Waals surface area contributed by atoms with Crippen LogP contribution in [0.2, 0.25) is 0 Å². The van der Waals surface area contributed by atoms with Gasteiger partial charge in [0, 0.05) is 45.3 Å². The molecular weight excluding hydrogens is 358 g/mol. The average molecular weight is 382 g/mol. The van der Waals surface area contributed by atoms with Crippen LogP contribution in [-0.2, 0) is 23.1 Å². The maximum absolute atomic E-state index is 13.2. The molecule has 2 aromatic carbocycles. The summed E-state index contributed by atoms with van der Waals surface area (Å²) in [4.78, 5) is 6.18. The van der Waals surface area contributed by atoms with Crippen molar-refractivity contribution >= 4 is 15.7 Å². The van der Waals surface area contributed by atoms with Gasteiger partial charge in [0.05, 0.1) is 0 Å². The van der Waals surface area contributed by atoms with Gasteiger partial charge in [-0.05, 0) is 35.4 Å². The highest BCUT2D eigenvalue weighted by molar-refractivity contribution is 7.89. The Morgan fingerprint density at radius 3 is 2.00 bits per heavy atom. The van der Waals surface area contributed by atoms with Gasteiger partial charge in [0.1, 0.15) is 4.90 Å². The van der Waals surface area contributed by atoms with E-state index in [-0.39, 0.29) is 4.90 Å². The zero-order chi connectivity index (χ0) is 19.3. The lowest BCUT2D eigenvalue weighted by atomic mass is 10.2. The number of benzene rings is 2. The first-order valence-corrected chi connectivity index (χ1v) is 10.1. The van der Waals surface area contributed by atoms with Crippen LogP contribution >= 0.6 is 0 Å². The lowest BCUT2D eigenvalue weighted by Crippen LogP contribution is -2.30. The molecule has 0 atom stereocenters. The van der Waals surface area contributed by atoms with E-state index in [1.807, 2.05) is 73.6 Å². The van der Waals surface area contributed by atoms with Crippen molar-refractivity contribution < 1.29 is 8.42 Å². The third-order valence-corrected chi connectivity index (χ3v) is 6.06. The third-order valence-electron chi connectivity index (χ3n) is 4.29. The van der Waals surface area contributed by atoms with Gasteiger partial charge in [0.15, 0.2) is 0 Å². The van der Waals surface area contributed by atoms with Crippen molar-refractivity contribution in [1.29, 1.82) is 0 Å². The van der Waals surface area contributed by atoms with Crippen LogP contribution in [0.1, 0.15) is 11.1 Å². The first-order valence-electron chi connectivity index (χ1n) is 8.67. The van der Waals surface area contributed by atoms with Crippen molar-refractivity contribution in [3.63, 3.8) is 0 Å². The summed E-state index contributed by atoms with van der Waals surface area (Å²) >= 11 is 0. The van der Waals surface area contributed by atoms with Crippen LogP contribution in [0, 0.1) is 0 Å². The zero-order valence-electron chi connectivity index (χ0n) is 15.5. The quantitative estimate of drug-likeness (QED) is 0.628. The minimum Gasteiger partial charge on any atom is -0.378 e. The zero-order valence-corrected chi connectivity index (χ0v) is 16.3. The fourth-order valence-electron chi connectivity index (χ4n) is 2.76. The fourth-order valence-corrected chi connectivity index (χ4v) is 4.15. The van der Waals surface area contributed by atoms with E-state index in [9.17, 15) is 8.42 Å². The first kappa shape index (κ1) is 19.1. The van der Waals surface area contributed by atoms with E-state index in [0.717, 1.165) is 16.8 Å². The van der Waals surface area contributed by atoms with Crippen molar-refractivity contribution in [2.24, 2.45) is 0 Å². The molecule has 6 heteroatoms. The van der Waals surface area contributed by atoms with Gasteiger partial charge in [-0.1, -0.05) is 42.5 Å². The van der Waals surface area contributed by atoms with E-state index < -0.39 is 10.0 Å². The molecule has 5 nitrogen and oxygen atoms in total. The van der Waals surface area contributed by atoms with Crippen LogP contribution in [0.5, 0.6) is 0 Å². The molecule has 27 heavy (non-hydrogen) atoms. The summed E-state index contributed by atoms with van der Waals surface area (Å²) in [7, 11) is 0.288. The second-order valence-corrected chi connectivity index (χ2v) is 8.45. The van der Waals surface area contributed by atoms with Crippen LogP contribution in [0.15, 0.2) is 84.0 Å². The van der Waals surface area contributed by atoms with Crippen molar-refractivity contribution in [3.05, 3.63) is 90.3 Å². The summed E-state index contributed by atoms with van der Waals surface area (Å²) in [6.45, 7) is 0.591. The summed E-state index contributed by atoms with van der Waals surface area (Å²) < 4.78 is 27.9. The smallest absolute Gasteiger partial charge is 0.245 e. The van der Waals surface area contributed by atoms with Crippen molar-refractivity contribution in [1.82, 2.24) is 9.29 Å². The summed E-state index contributed by atoms with van der Waals surface area (Å²) in [5.41, 5.74) is 2.95. The first-order chi connectivity index (χ1) is 13.0. The highest BCUT2D eigenvalue weighted by Crippen LogP contribution is 2.21. The van der Waals surface area contributed by atoms with Gasteiger partial charge in [-0.2, -0.15) is 4.31 Å². The van der Waals surface area contributed by atoms with E-state index in [1.54, 1.807) is 18.3 Å². The Morgan fingerprint density at radius 2 is 1.44 bits per heavy atom. The summed E-state index contributed by atoms with van der Waals surface area (Å²) in [5.74, 6) is 0. The number of hydrogen-bond acceptors (Lipinski definition) is 4. The summed E-state index contributed by atoms with van der Waals surface area (Å²) in [6.07, 6.45) is 2.96. The Bertz CT molecular complexity index is 957. The van der Waals surface area contributed by atoms with Crippen LogP contribution in [0.4, 0.5) is 5.69 Å². The minimum atomic E-state index is -3.66. The molecule has 0 spiro atoms. The van der Waals surface area contributed by atoms with Gasteiger partial charge < -0.3 is 4.90 Å². The molecule has 0 saturated carbocycles. The molecule has 0 N–H and O–H groups in total. The number of hydrogen-bond donors (Lipinski definition) is 0. The standard InChI is InChI=1S/C21H23N3O2S/c1-23(2)20-12-10-19(11-13-20)17-24(16-18-7-4-3-5-8-18)27(25,26)21-9-6-14-22-15-21/h3-15H,16-17H2,1-2H3. The summed E-state index contributed by atoms with van der Waals surface area (Å²) in [6, 6.07) is 20.7. The molecule has 3 aromatic rings. The van der Waals surface area contributed by atoms with Crippen LogP contribution < -0.4 is 4.90 Å². The molecule has 0 aliphatic rings. The molecule has 0 radical (unpaired) electrons. The minimum absolute atomic E-state index is 0.200. The Labute approximate surface area is 161 Å². The van der Waals surface area contributed by atoms with E-state index in [1.165, 1.54) is 10.5 Å². The van der Waals surface area contributed by atoms with E-state index in [0.29, 0.717) is 13.1 Å². The number of nitrogens with zero attached hydrogens (tertiary/aromatic N) is 3. The molecule has 0 amide bonds. The molecule has 3 rings (SSSR count). The van der Waals surface area contributed by atoms with Crippen LogP contribution in [0.3, 0.4) is 0 Å². The predicted octanol–water partition coefficient (Wildman–Crippen LogP) is 3.54. The second-order valence-electron chi connectivity index (χ2n) is 6.51. The Kier molecular flexibility index (Phi) is 5.88. The molecule has 0 saturated heterocycles. The van der Waals surface area contributed by atoms with Gasteiger partial charge >= 0.3 is 0 Å². The molecule has 0 bridgehead atoms. The van der Waals surface area contributed by atoms with Gasteiger partial charge in [-0.25, -0.2) is 8.42 Å². The topological polar surface area (TPSA) is 53.5 Å². The second kappa shape index (κ2) is 8.33. The van der Waals surface area contributed by atoms with E-state index in [4.69, 9.17) is 0 Å². The molecule has 0 unspecified atom stereocenters. The molecule has 140 valence electrons. The van der Waals surface area contributed by atoms with Crippen LogP contribution in [0.25, 0.3) is 0 Å². The lowest BCUT2D eigenvalue weighted by molar-refractivity contribution is 0.401. The molecule has 1 heterocycles. The highest BCUT2D eigenvalue weighted by atomic mass is 32.2. The number of pyridine rings is 1. The lowest BCUT2D eigenvalue weighted by Gasteiger charge is -2.23. The number of aromatic nitrogens is 1. The number of anilines is 1. The normalized spacial score (nSPS) is 11.5. The molecule has 0 aliphatic carbocycles. The maximum Gasteiger partial charge on any atom is 0.245 e. The molecule has 1 aromatic heterocycles. The number of rotatable bonds is 7.